The summed E-state index contributed by atoms with van der Waals surface area (Å²) in [5.41, 5.74) is 1.02. The van der Waals surface area contributed by atoms with Crippen molar-refractivity contribution in [1.82, 2.24) is 0 Å². The maximum atomic E-state index is 11.9. The first-order chi connectivity index (χ1) is 7.95. The SMILES string of the molecule is C=CCCC([CH2-])[N-]S(=O)(=O)c1ccc(C)cc1. The van der Waals surface area contributed by atoms with Crippen molar-refractivity contribution in [3.63, 3.8) is 0 Å². The summed E-state index contributed by atoms with van der Waals surface area (Å²) in [6, 6.07) is 6.18. The summed E-state index contributed by atoms with van der Waals surface area (Å²) in [5, 5.41) is 0. The number of nitrogens with zero attached hydrogens (tertiary/aromatic N) is 1. The zero-order valence-corrected chi connectivity index (χ0v) is 10.8. The Morgan fingerprint density at radius 2 is 2.00 bits per heavy atom. The van der Waals surface area contributed by atoms with Crippen LogP contribution >= 0.6 is 0 Å². The van der Waals surface area contributed by atoms with E-state index in [2.05, 4.69) is 18.2 Å². The third-order valence-electron chi connectivity index (χ3n) is 2.31. The number of aryl methyl sites for hydroxylation is 1. The van der Waals surface area contributed by atoms with Gasteiger partial charge in [-0.1, -0.05) is 30.2 Å². The highest BCUT2D eigenvalue weighted by molar-refractivity contribution is 7.94. The van der Waals surface area contributed by atoms with Crippen LogP contribution in [-0.4, -0.2) is 14.5 Å². The molecular formula is C13H17NO2S-2. The maximum Gasteiger partial charge on any atom is 0.0994 e. The predicted molar refractivity (Wildman–Crippen MR) is 70.3 cm³/mol. The molecule has 0 aliphatic carbocycles. The van der Waals surface area contributed by atoms with Gasteiger partial charge in [-0.15, -0.1) is 6.58 Å². The summed E-state index contributed by atoms with van der Waals surface area (Å²) in [4.78, 5) is 0.218. The molecule has 0 aliphatic rings. The Kier molecular flexibility index (Phi) is 4.90. The molecular weight excluding hydrogens is 234 g/mol. The molecule has 17 heavy (non-hydrogen) atoms. The van der Waals surface area contributed by atoms with Crippen LogP contribution in [-0.2, 0) is 10.0 Å². The smallest absolute Gasteiger partial charge is 0.0994 e. The fourth-order valence-corrected chi connectivity index (χ4v) is 2.43. The average Bonchev–Trinajstić information content (AvgIpc) is 2.26. The lowest BCUT2D eigenvalue weighted by Gasteiger charge is -2.33. The number of sulfonamides is 1. The highest BCUT2D eigenvalue weighted by Crippen LogP contribution is 2.21. The van der Waals surface area contributed by atoms with E-state index in [1.54, 1.807) is 30.3 Å². The van der Waals surface area contributed by atoms with E-state index >= 15 is 0 Å². The van der Waals surface area contributed by atoms with E-state index in [9.17, 15) is 8.42 Å². The molecule has 0 aliphatic heterocycles. The molecule has 0 fully saturated rings. The number of hydrogen-bond donors (Lipinski definition) is 0. The standard InChI is InChI=1S/C13H17NO2S/c1-4-5-6-12(3)14-17(15,16)13-9-7-11(2)8-10-13/h4,7-10,12H,1,3,5-6H2,2H3/q-2. The van der Waals surface area contributed by atoms with Crippen LogP contribution in [0, 0.1) is 13.8 Å². The summed E-state index contributed by atoms with van der Waals surface area (Å²) < 4.78 is 27.5. The summed E-state index contributed by atoms with van der Waals surface area (Å²) in [5.74, 6) is 0. The molecule has 1 aromatic rings. The Morgan fingerprint density at radius 3 is 2.53 bits per heavy atom. The van der Waals surface area contributed by atoms with Gasteiger partial charge in [-0.25, -0.2) is 8.42 Å². The van der Waals surface area contributed by atoms with Gasteiger partial charge < -0.3 is 11.6 Å². The first-order valence-electron chi connectivity index (χ1n) is 5.43. The van der Waals surface area contributed by atoms with Crippen molar-refractivity contribution in [2.45, 2.75) is 30.7 Å². The lowest BCUT2D eigenvalue weighted by atomic mass is 10.2. The number of hydrogen-bond acceptors (Lipinski definition) is 2. The third kappa shape index (κ3) is 4.32. The van der Waals surface area contributed by atoms with Crippen molar-refractivity contribution >= 4 is 10.0 Å². The largest absolute Gasteiger partial charge is 0.568 e. The predicted octanol–water partition coefficient (Wildman–Crippen LogP) is 3.23. The van der Waals surface area contributed by atoms with Gasteiger partial charge in [-0.05, 0) is 25.5 Å². The molecule has 1 aromatic carbocycles. The van der Waals surface area contributed by atoms with Crippen LogP contribution in [0.1, 0.15) is 18.4 Å². The summed E-state index contributed by atoms with van der Waals surface area (Å²) in [6.45, 7) is 9.19. The van der Waals surface area contributed by atoms with Crippen molar-refractivity contribution in [3.8, 4) is 0 Å². The van der Waals surface area contributed by atoms with Gasteiger partial charge in [0, 0.05) is 4.90 Å². The van der Waals surface area contributed by atoms with Crippen LogP contribution in [0.2, 0.25) is 0 Å². The Balaban J connectivity index is 2.74. The quantitative estimate of drug-likeness (QED) is 0.575. The van der Waals surface area contributed by atoms with Crippen molar-refractivity contribution < 1.29 is 8.42 Å². The Bertz CT molecular complexity index is 463. The van der Waals surface area contributed by atoms with E-state index in [0.717, 1.165) is 5.56 Å². The van der Waals surface area contributed by atoms with Gasteiger partial charge >= 0.3 is 0 Å². The highest BCUT2D eigenvalue weighted by Gasteiger charge is 2.03. The van der Waals surface area contributed by atoms with Gasteiger partial charge in [-0.3, -0.25) is 6.04 Å². The summed E-state index contributed by atoms with van der Waals surface area (Å²) in [7, 11) is -3.58. The van der Waals surface area contributed by atoms with Crippen molar-refractivity contribution in [2.24, 2.45) is 0 Å². The molecule has 0 amide bonds. The summed E-state index contributed by atoms with van der Waals surface area (Å²) >= 11 is 0. The zero-order valence-electron chi connectivity index (χ0n) is 9.96. The van der Waals surface area contributed by atoms with E-state index in [0.29, 0.717) is 12.8 Å². The van der Waals surface area contributed by atoms with Crippen molar-refractivity contribution in [3.05, 3.63) is 54.1 Å². The zero-order chi connectivity index (χ0) is 12.9. The van der Waals surface area contributed by atoms with E-state index in [1.807, 2.05) is 6.92 Å². The van der Waals surface area contributed by atoms with E-state index < -0.39 is 16.1 Å². The second kappa shape index (κ2) is 5.98. The highest BCUT2D eigenvalue weighted by atomic mass is 32.2. The molecule has 0 heterocycles. The Morgan fingerprint density at radius 1 is 1.41 bits per heavy atom. The van der Waals surface area contributed by atoms with Crippen LogP contribution < -0.4 is 0 Å². The minimum absolute atomic E-state index is 0.218. The third-order valence-corrected chi connectivity index (χ3v) is 3.75. The fraction of sp³-hybridized carbons (Fsp3) is 0.308. The normalized spacial score (nSPS) is 13.3. The molecule has 0 radical (unpaired) electrons. The van der Waals surface area contributed by atoms with Crippen molar-refractivity contribution in [1.29, 1.82) is 0 Å². The number of allylic oxidation sites excluding steroid dienone is 1. The van der Waals surface area contributed by atoms with E-state index in [1.165, 1.54) is 0 Å². The lowest BCUT2D eigenvalue weighted by molar-refractivity contribution is 0.598. The molecule has 1 unspecified atom stereocenters. The average molecular weight is 251 g/mol. The minimum atomic E-state index is -3.58. The van der Waals surface area contributed by atoms with Crippen LogP contribution in [0.15, 0.2) is 41.8 Å². The van der Waals surface area contributed by atoms with Gasteiger partial charge in [0.05, 0.1) is 10.0 Å². The molecule has 0 aromatic heterocycles. The van der Waals surface area contributed by atoms with Crippen molar-refractivity contribution in [2.75, 3.05) is 0 Å². The Labute approximate surface area is 104 Å². The summed E-state index contributed by atoms with van der Waals surface area (Å²) in [6.07, 6.45) is 3.03. The van der Waals surface area contributed by atoms with Crippen LogP contribution in [0.3, 0.4) is 0 Å². The second-order valence-corrected chi connectivity index (χ2v) is 5.55. The molecule has 0 bridgehead atoms. The van der Waals surface area contributed by atoms with Gasteiger partial charge in [0.2, 0.25) is 0 Å². The van der Waals surface area contributed by atoms with Gasteiger partial charge in [0.25, 0.3) is 0 Å². The molecule has 0 spiro atoms. The maximum absolute atomic E-state index is 11.9. The molecule has 4 heteroatoms. The lowest BCUT2D eigenvalue weighted by Crippen LogP contribution is -2.09. The van der Waals surface area contributed by atoms with Gasteiger partial charge in [0.1, 0.15) is 0 Å². The topological polar surface area (TPSA) is 48.2 Å². The molecule has 1 atom stereocenters. The van der Waals surface area contributed by atoms with E-state index in [4.69, 9.17) is 0 Å². The minimum Gasteiger partial charge on any atom is -0.568 e. The van der Waals surface area contributed by atoms with Crippen LogP contribution in [0.4, 0.5) is 0 Å². The monoisotopic (exact) mass is 251 g/mol. The molecule has 3 nitrogen and oxygen atoms in total. The number of benzene rings is 1. The fourth-order valence-electron chi connectivity index (χ4n) is 1.33. The molecule has 0 N–H and O–H groups in total. The van der Waals surface area contributed by atoms with Gasteiger partial charge in [-0.2, -0.15) is 0 Å². The van der Waals surface area contributed by atoms with Gasteiger partial charge in [0.15, 0.2) is 0 Å². The first kappa shape index (κ1) is 13.9. The van der Waals surface area contributed by atoms with Crippen LogP contribution in [0.5, 0.6) is 0 Å². The second-order valence-electron chi connectivity index (χ2n) is 3.91. The first-order valence-corrected chi connectivity index (χ1v) is 6.87. The Hall–Kier alpha value is -1.13. The molecule has 94 valence electrons. The molecule has 0 saturated heterocycles. The van der Waals surface area contributed by atoms with Crippen LogP contribution in [0.25, 0.3) is 4.72 Å². The molecule has 1 rings (SSSR count). The molecule has 0 saturated carbocycles. The van der Waals surface area contributed by atoms with E-state index in [-0.39, 0.29) is 4.90 Å². The number of rotatable bonds is 6.